The minimum Gasteiger partial charge on any atom is -0.507 e. The molecule has 0 unspecified atom stereocenters. The van der Waals surface area contributed by atoms with E-state index in [-0.39, 0.29) is 11.3 Å². The molecule has 0 aromatic heterocycles. The Kier molecular flexibility index (Phi) is 8.63. The summed E-state index contributed by atoms with van der Waals surface area (Å²) in [6.07, 6.45) is 0.724. The molecule has 7 heteroatoms. The fraction of sp³-hybridized carbons (Fsp3) is 0.333. The summed E-state index contributed by atoms with van der Waals surface area (Å²) in [5.74, 6) is -0.726. The monoisotopic (exact) mass is 540 g/mol. The van der Waals surface area contributed by atoms with Gasteiger partial charge in [0.05, 0.1) is 24.8 Å². The van der Waals surface area contributed by atoms with E-state index in [1.165, 1.54) is 0 Å². The zero-order chi connectivity index (χ0) is 28.1. The summed E-state index contributed by atoms with van der Waals surface area (Å²) in [6, 6.07) is 22.4. The first-order chi connectivity index (χ1) is 19.4. The Morgan fingerprint density at radius 2 is 1.68 bits per heavy atom. The molecule has 2 aliphatic rings. The molecule has 40 heavy (non-hydrogen) atoms. The topological polar surface area (TPSA) is 79.3 Å². The normalized spacial score (nSPS) is 19.2. The molecule has 1 amide bonds. The van der Waals surface area contributed by atoms with Gasteiger partial charge in [-0.15, -0.1) is 0 Å². The lowest BCUT2D eigenvalue weighted by Gasteiger charge is -2.29. The van der Waals surface area contributed by atoms with Gasteiger partial charge in [0.25, 0.3) is 11.7 Å². The largest absolute Gasteiger partial charge is 0.507 e. The minimum atomic E-state index is -0.654. The second-order valence-electron chi connectivity index (χ2n) is 10.5. The van der Waals surface area contributed by atoms with Crippen LogP contribution in [-0.4, -0.2) is 66.0 Å². The van der Waals surface area contributed by atoms with E-state index in [1.807, 2.05) is 74.5 Å². The van der Waals surface area contributed by atoms with E-state index < -0.39 is 17.7 Å². The van der Waals surface area contributed by atoms with Crippen LogP contribution in [0, 0.1) is 13.8 Å². The number of aliphatic hydroxyl groups is 1. The van der Waals surface area contributed by atoms with Crippen LogP contribution in [0.2, 0.25) is 0 Å². The number of likely N-dealkylation sites (tertiary alicyclic amines) is 1. The second kappa shape index (κ2) is 12.5. The lowest BCUT2D eigenvalue weighted by molar-refractivity contribution is -0.140. The number of ether oxygens (including phenoxy) is 2. The van der Waals surface area contributed by atoms with Crippen LogP contribution >= 0.6 is 0 Å². The third-order valence-corrected chi connectivity index (χ3v) is 7.61. The molecule has 3 aromatic rings. The molecule has 3 aromatic carbocycles. The van der Waals surface area contributed by atoms with Gasteiger partial charge < -0.3 is 19.5 Å². The number of aliphatic hydroxyl groups excluding tert-OH is 1. The number of morpholine rings is 1. The quantitative estimate of drug-likeness (QED) is 0.233. The van der Waals surface area contributed by atoms with Gasteiger partial charge in [-0.2, -0.15) is 0 Å². The van der Waals surface area contributed by atoms with E-state index in [1.54, 1.807) is 17.0 Å². The van der Waals surface area contributed by atoms with E-state index in [4.69, 9.17) is 9.47 Å². The highest BCUT2D eigenvalue weighted by Crippen LogP contribution is 2.40. The SMILES string of the molecule is Cc1ccc([C@@H]2/C(=C(\O)c3ccc(OCc4ccccc4)cc3C)C(=O)C(=O)N2CCCN2CCOCC2)cc1. The highest BCUT2D eigenvalue weighted by molar-refractivity contribution is 6.46. The molecule has 0 spiro atoms. The summed E-state index contributed by atoms with van der Waals surface area (Å²) in [7, 11) is 0. The van der Waals surface area contributed by atoms with E-state index in [9.17, 15) is 14.7 Å². The zero-order valence-electron chi connectivity index (χ0n) is 23.1. The average molecular weight is 541 g/mol. The van der Waals surface area contributed by atoms with Gasteiger partial charge in [-0.1, -0.05) is 60.2 Å². The van der Waals surface area contributed by atoms with Crippen LogP contribution in [0.25, 0.3) is 5.76 Å². The first-order valence-electron chi connectivity index (χ1n) is 13.8. The van der Waals surface area contributed by atoms with Crippen LogP contribution in [0.15, 0.2) is 78.4 Å². The summed E-state index contributed by atoms with van der Waals surface area (Å²) in [6.45, 7) is 8.67. The maximum Gasteiger partial charge on any atom is 0.295 e. The van der Waals surface area contributed by atoms with E-state index >= 15 is 0 Å². The molecule has 0 radical (unpaired) electrons. The van der Waals surface area contributed by atoms with Crippen molar-refractivity contribution in [3.05, 3.63) is 106 Å². The van der Waals surface area contributed by atoms with Gasteiger partial charge in [0.2, 0.25) is 0 Å². The first kappa shape index (κ1) is 27.6. The molecule has 0 aliphatic carbocycles. The van der Waals surface area contributed by atoms with Crippen molar-refractivity contribution in [3.8, 4) is 5.75 Å². The van der Waals surface area contributed by atoms with Crippen LogP contribution in [-0.2, 0) is 20.9 Å². The van der Waals surface area contributed by atoms with Crippen molar-refractivity contribution in [2.45, 2.75) is 32.9 Å². The van der Waals surface area contributed by atoms with Crippen molar-refractivity contribution in [2.75, 3.05) is 39.4 Å². The Labute approximate surface area is 235 Å². The lowest BCUT2D eigenvalue weighted by Crippen LogP contribution is -2.38. The first-order valence-corrected chi connectivity index (χ1v) is 13.8. The number of amides is 1. The third kappa shape index (κ3) is 6.11. The molecule has 2 saturated heterocycles. The van der Waals surface area contributed by atoms with Crippen molar-refractivity contribution in [1.29, 1.82) is 0 Å². The Bertz CT molecular complexity index is 1380. The number of rotatable bonds is 9. The smallest absolute Gasteiger partial charge is 0.295 e. The summed E-state index contributed by atoms with van der Waals surface area (Å²) < 4.78 is 11.4. The molecule has 7 nitrogen and oxygen atoms in total. The highest BCUT2D eigenvalue weighted by atomic mass is 16.5. The summed E-state index contributed by atoms with van der Waals surface area (Å²) in [4.78, 5) is 30.7. The number of hydrogen-bond donors (Lipinski definition) is 1. The van der Waals surface area contributed by atoms with Crippen molar-refractivity contribution >= 4 is 17.4 Å². The number of carbonyl (C=O) groups is 2. The Hall–Kier alpha value is -3.94. The Morgan fingerprint density at radius 3 is 2.38 bits per heavy atom. The molecule has 1 atom stereocenters. The molecule has 2 aliphatic heterocycles. The maximum absolute atomic E-state index is 13.4. The third-order valence-electron chi connectivity index (χ3n) is 7.61. The van der Waals surface area contributed by atoms with Crippen LogP contribution in [0.5, 0.6) is 5.75 Å². The zero-order valence-corrected chi connectivity index (χ0v) is 23.1. The lowest BCUT2D eigenvalue weighted by atomic mass is 9.93. The number of Topliss-reactive ketones (excluding diaryl/α,β-unsaturated/α-hetero) is 1. The van der Waals surface area contributed by atoms with Gasteiger partial charge in [0, 0.05) is 31.7 Å². The van der Waals surface area contributed by atoms with Crippen LogP contribution < -0.4 is 4.74 Å². The van der Waals surface area contributed by atoms with Gasteiger partial charge in [0.15, 0.2) is 0 Å². The van der Waals surface area contributed by atoms with E-state index in [0.29, 0.717) is 37.7 Å². The number of nitrogens with zero attached hydrogens (tertiary/aromatic N) is 2. The van der Waals surface area contributed by atoms with E-state index in [0.717, 1.165) is 48.3 Å². The van der Waals surface area contributed by atoms with Gasteiger partial charge >= 0.3 is 0 Å². The van der Waals surface area contributed by atoms with Gasteiger partial charge in [-0.3, -0.25) is 14.5 Å². The molecular weight excluding hydrogens is 504 g/mol. The fourth-order valence-electron chi connectivity index (χ4n) is 5.37. The summed E-state index contributed by atoms with van der Waals surface area (Å²) in [5, 5.41) is 11.5. The van der Waals surface area contributed by atoms with Gasteiger partial charge in [-0.25, -0.2) is 0 Å². The molecule has 208 valence electrons. The highest BCUT2D eigenvalue weighted by Gasteiger charge is 2.46. The predicted octanol–water partition coefficient (Wildman–Crippen LogP) is 5.03. The Morgan fingerprint density at radius 1 is 0.950 bits per heavy atom. The van der Waals surface area contributed by atoms with Gasteiger partial charge in [0.1, 0.15) is 18.1 Å². The average Bonchev–Trinajstić information content (AvgIpc) is 3.22. The number of ketones is 1. The van der Waals surface area contributed by atoms with E-state index in [2.05, 4.69) is 4.90 Å². The molecule has 2 heterocycles. The minimum absolute atomic E-state index is 0.126. The summed E-state index contributed by atoms with van der Waals surface area (Å²) in [5.41, 5.74) is 4.33. The fourth-order valence-corrected chi connectivity index (χ4v) is 5.37. The molecule has 5 rings (SSSR count). The predicted molar refractivity (Wildman–Crippen MR) is 154 cm³/mol. The Balaban J connectivity index is 1.42. The molecule has 2 fully saturated rings. The molecular formula is C33H36N2O5. The van der Waals surface area contributed by atoms with Gasteiger partial charge in [-0.05, 0) is 55.2 Å². The number of aryl methyl sites for hydroxylation is 2. The standard InChI is InChI=1S/C33H36N2O5/c1-23-9-11-26(12-10-23)30-29(32(37)33(38)35(30)16-6-15-34-17-19-39-20-18-34)31(36)28-14-13-27(21-24(28)2)40-22-25-7-4-3-5-8-25/h3-5,7-14,21,30,36H,6,15-20,22H2,1-2H3/b31-29+/t30-/m1/s1. The van der Waals surface area contributed by atoms with Crippen LogP contribution in [0.3, 0.4) is 0 Å². The van der Waals surface area contributed by atoms with Crippen molar-refractivity contribution < 1.29 is 24.2 Å². The van der Waals surface area contributed by atoms with Crippen molar-refractivity contribution in [2.24, 2.45) is 0 Å². The molecule has 0 saturated carbocycles. The van der Waals surface area contributed by atoms with Crippen LogP contribution in [0.4, 0.5) is 0 Å². The molecule has 1 N–H and O–H groups in total. The second-order valence-corrected chi connectivity index (χ2v) is 10.5. The maximum atomic E-state index is 13.4. The number of hydrogen-bond acceptors (Lipinski definition) is 6. The van der Waals surface area contributed by atoms with Crippen molar-refractivity contribution in [3.63, 3.8) is 0 Å². The number of carbonyl (C=O) groups excluding carboxylic acids is 2. The summed E-state index contributed by atoms with van der Waals surface area (Å²) >= 11 is 0. The number of benzene rings is 3. The van der Waals surface area contributed by atoms with Crippen molar-refractivity contribution in [1.82, 2.24) is 9.80 Å². The van der Waals surface area contributed by atoms with Crippen LogP contribution in [0.1, 0.15) is 40.3 Å². The molecule has 0 bridgehead atoms.